The molecule has 0 saturated heterocycles. The maximum Gasteiger partial charge on any atom is 0.264 e. The van der Waals surface area contributed by atoms with Crippen LogP contribution in [0, 0.1) is 5.92 Å². The van der Waals surface area contributed by atoms with E-state index in [9.17, 15) is 13.2 Å². The van der Waals surface area contributed by atoms with Crippen molar-refractivity contribution in [2.75, 3.05) is 16.6 Å². The van der Waals surface area contributed by atoms with Gasteiger partial charge in [0.15, 0.2) is 0 Å². The van der Waals surface area contributed by atoms with Gasteiger partial charge in [-0.25, -0.2) is 23.1 Å². The summed E-state index contributed by atoms with van der Waals surface area (Å²) < 4.78 is 32.7. The van der Waals surface area contributed by atoms with Crippen LogP contribution < -0.4 is 14.8 Å². The van der Waals surface area contributed by atoms with E-state index in [1.54, 1.807) is 30.3 Å². The zero-order valence-electron chi connectivity index (χ0n) is 16.6. The number of carbonyl (C=O) groups is 1. The van der Waals surface area contributed by atoms with E-state index < -0.39 is 10.0 Å². The lowest BCUT2D eigenvalue weighted by molar-refractivity contribution is 0.102. The van der Waals surface area contributed by atoms with Crippen molar-refractivity contribution in [2.24, 2.45) is 5.92 Å². The minimum Gasteiger partial charge on any atom is -0.493 e. The summed E-state index contributed by atoms with van der Waals surface area (Å²) in [5.74, 6) is 0.785. The molecule has 156 valence electrons. The van der Waals surface area contributed by atoms with E-state index in [1.165, 1.54) is 36.7 Å². The Bertz CT molecular complexity index is 1080. The molecule has 2 aromatic carbocycles. The average Bonchev–Trinajstić information content (AvgIpc) is 2.73. The topological polar surface area (TPSA) is 110 Å². The lowest BCUT2D eigenvalue weighted by Crippen LogP contribution is -2.15. The lowest BCUT2D eigenvalue weighted by Gasteiger charge is -2.10. The highest BCUT2D eigenvalue weighted by Gasteiger charge is 2.15. The molecule has 1 aromatic heterocycles. The van der Waals surface area contributed by atoms with Gasteiger partial charge >= 0.3 is 0 Å². The fourth-order valence-corrected chi connectivity index (χ4v) is 3.38. The third kappa shape index (κ3) is 5.77. The predicted octanol–water partition coefficient (Wildman–Crippen LogP) is 3.56. The van der Waals surface area contributed by atoms with Crippen LogP contribution in [0.25, 0.3) is 0 Å². The molecular formula is C21H22N4O4S. The second kappa shape index (κ2) is 9.36. The van der Waals surface area contributed by atoms with E-state index in [0.717, 1.165) is 0 Å². The summed E-state index contributed by atoms with van der Waals surface area (Å²) in [6.07, 6.45) is 2.87. The van der Waals surface area contributed by atoms with Gasteiger partial charge in [0.25, 0.3) is 15.9 Å². The first kappa shape index (κ1) is 21.3. The summed E-state index contributed by atoms with van der Waals surface area (Å²) in [6.45, 7) is 4.72. The van der Waals surface area contributed by atoms with Crippen molar-refractivity contribution in [1.82, 2.24) is 9.97 Å². The number of benzene rings is 2. The molecule has 8 nitrogen and oxygen atoms in total. The van der Waals surface area contributed by atoms with E-state index >= 15 is 0 Å². The Labute approximate surface area is 175 Å². The van der Waals surface area contributed by atoms with E-state index in [1.807, 2.05) is 0 Å². The van der Waals surface area contributed by atoms with Crippen molar-refractivity contribution < 1.29 is 17.9 Å². The van der Waals surface area contributed by atoms with Gasteiger partial charge in [-0.2, -0.15) is 0 Å². The number of amides is 1. The van der Waals surface area contributed by atoms with Crippen molar-refractivity contribution >= 4 is 27.6 Å². The quantitative estimate of drug-likeness (QED) is 0.570. The molecule has 0 atom stereocenters. The van der Waals surface area contributed by atoms with Crippen LogP contribution in [0.15, 0.2) is 71.9 Å². The Morgan fingerprint density at radius 3 is 2.23 bits per heavy atom. The molecule has 30 heavy (non-hydrogen) atoms. The number of carbonyl (C=O) groups excluding carboxylic acids is 1. The van der Waals surface area contributed by atoms with Gasteiger partial charge in [0, 0.05) is 23.6 Å². The molecule has 2 N–H and O–H groups in total. The summed E-state index contributed by atoms with van der Waals surface area (Å²) in [5, 5.41) is 2.74. The highest BCUT2D eigenvalue weighted by atomic mass is 32.2. The van der Waals surface area contributed by atoms with E-state index in [4.69, 9.17) is 4.74 Å². The van der Waals surface area contributed by atoms with Gasteiger partial charge < -0.3 is 10.1 Å². The highest BCUT2D eigenvalue weighted by molar-refractivity contribution is 7.92. The number of rotatable bonds is 8. The van der Waals surface area contributed by atoms with Crippen LogP contribution in [0.3, 0.4) is 0 Å². The zero-order chi connectivity index (χ0) is 21.6. The summed E-state index contributed by atoms with van der Waals surface area (Å²) in [5.41, 5.74) is 0.932. The smallest absolute Gasteiger partial charge is 0.264 e. The first-order chi connectivity index (χ1) is 14.3. The summed E-state index contributed by atoms with van der Waals surface area (Å²) in [4.78, 5) is 20.1. The molecule has 0 aliphatic carbocycles. The van der Waals surface area contributed by atoms with Crippen molar-refractivity contribution in [3.05, 3.63) is 72.6 Å². The molecule has 0 aliphatic rings. The van der Waals surface area contributed by atoms with Gasteiger partial charge in [-0.15, -0.1) is 0 Å². The molecule has 0 saturated carbocycles. The normalized spacial score (nSPS) is 11.2. The number of sulfonamides is 1. The van der Waals surface area contributed by atoms with Crippen LogP contribution >= 0.6 is 0 Å². The number of ether oxygens (including phenoxy) is 1. The third-order valence-electron chi connectivity index (χ3n) is 3.91. The Hall–Kier alpha value is -3.46. The van der Waals surface area contributed by atoms with Gasteiger partial charge in [0.05, 0.1) is 11.5 Å². The largest absolute Gasteiger partial charge is 0.493 e. The molecule has 0 aliphatic heterocycles. The molecule has 3 aromatic rings. The van der Waals surface area contributed by atoms with Gasteiger partial charge in [-0.1, -0.05) is 13.8 Å². The first-order valence-electron chi connectivity index (χ1n) is 9.27. The maximum atomic E-state index is 12.4. The molecule has 0 bridgehead atoms. The third-order valence-corrected chi connectivity index (χ3v) is 5.26. The second-order valence-corrected chi connectivity index (χ2v) is 8.57. The van der Waals surface area contributed by atoms with Crippen LogP contribution in [0.2, 0.25) is 0 Å². The number of aromatic nitrogens is 2. The minimum atomic E-state index is -3.83. The van der Waals surface area contributed by atoms with Gasteiger partial charge in [0.1, 0.15) is 5.75 Å². The SMILES string of the molecule is CC(C)COc1ccc(C(=O)Nc2ccc(S(=O)(=O)Nc3ncccn3)cc2)cc1. The molecule has 0 radical (unpaired) electrons. The van der Waals surface area contributed by atoms with Crippen LogP contribution in [-0.4, -0.2) is 30.9 Å². The minimum absolute atomic E-state index is 0.0179. The fourth-order valence-electron chi connectivity index (χ4n) is 2.42. The van der Waals surface area contributed by atoms with E-state index in [0.29, 0.717) is 29.5 Å². The van der Waals surface area contributed by atoms with Gasteiger partial charge in [-0.05, 0) is 60.5 Å². The highest BCUT2D eigenvalue weighted by Crippen LogP contribution is 2.18. The lowest BCUT2D eigenvalue weighted by atomic mass is 10.2. The monoisotopic (exact) mass is 426 g/mol. The standard InChI is InChI=1S/C21H22N4O4S/c1-15(2)14-29-18-8-4-16(5-9-18)20(26)24-17-6-10-19(11-7-17)30(27,28)25-21-22-12-3-13-23-21/h3-13,15H,14H2,1-2H3,(H,24,26)(H,22,23,25). The van der Waals surface area contributed by atoms with Crippen molar-refractivity contribution in [2.45, 2.75) is 18.7 Å². The maximum absolute atomic E-state index is 12.4. The van der Waals surface area contributed by atoms with Crippen LogP contribution in [0.4, 0.5) is 11.6 Å². The van der Waals surface area contributed by atoms with Crippen molar-refractivity contribution in [1.29, 1.82) is 0 Å². The Morgan fingerprint density at radius 1 is 1.00 bits per heavy atom. The molecule has 0 unspecified atom stereocenters. The number of nitrogens with one attached hydrogen (secondary N) is 2. The molecule has 9 heteroatoms. The van der Waals surface area contributed by atoms with Crippen LogP contribution in [-0.2, 0) is 10.0 Å². The number of hydrogen-bond donors (Lipinski definition) is 2. The first-order valence-corrected chi connectivity index (χ1v) is 10.8. The average molecular weight is 426 g/mol. The molecular weight excluding hydrogens is 404 g/mol. The molecule has 1 amide bonds. The zero-order valence-corrected chi connectivity index (χ0v) is 17.4. The van der Waals surface area contributed by atoms with E-state index in [2.05, 4.69) is 33.9 Å². The summed E-state index contributed by atoms with van der Waals surface area (Å²) in [7, 11) is -3.83. The predicted molar refractivity (Wildman–Crippen MR) is 114 cm³/mol. The Morgan fingerprint density at radius 2 is 1.63 bits per heavy atom. The second-order valence-electron chi connectivity index (χ2n) is 6.89. The fraction of sp³-hybridized carbons (Fsp3) is 0.190. The van der Waals surface area contributed by atoms with Crippen molar-refractivity contribution in [3.8, 4) is 5.75 Å². The van der Waals surface area contributed by atoms with Gasteiger partial charge in [-0.3, -0.25) is 4.79 Å². The van der Waals surface area contributed by atoms with Gasteiger partial charge in [0.2, 0.25) is 5.95 Å². The Kier molecular flexibility index (Phi) is 6.63. The van der Waals surface area contributed by atoms with Crippen LogP contribution in [0.5, 0.6) is 5.75 Å². The molecule has 3 rings (SSSR count). The molecule has 1 heterocycles. The molecule has 0 spiro atoms. The number of hydrogen-bond acceptors (Lipinski definition) is 6. The van der Waals surface area contributed by atoms with Crippen LogP contribution in [0.1, 0.15) is 24.2 Å². The summed E-state index contributed by atoms with van der Waals surface area (Å²) in [6, 6.07) is 14.2. The van der Waals surface area contributed by atoms with Crippen molar-refractivity contribution in [3.63, 3.8) is 0 Å². The molecule has 0 fully saturated rings. The number of anilines is 2. The Balaban J connectivity index is 1.63. The number of nitrogens with zero attached hydrogens (tertiary/aromatic N) is 2. The summed E-state index contributed by atoms with van der Waals surface area (Å²) >= 11 is 0. The van der Waals surface area contributed by atoms with E-state index in [-0.39, 0.29) is 16.8 Å².